The zero-order valence-corrected chi connectivity index (χ0v) is 16.6. The Morgan fingerprint density at radius 2 is 1.76 bits per heavy atom. The predicted octanol–water partition coefficient (Wildman–Crippen LogP) is 3.68. The van der Waals surface area contributed by atoms with Gasteiger partial charge in [0.05, 0.1) is 0 Å². The number of ether oxygens (including phenoxy) is 1. The number of benzene rings is 2. The fourth-order valence-corrected chi connectivity index (χ4v) is 3.53. The Morgan fingerprint density at radius 3 is 2.45 bits per heavy atom. The summed E-state index contributed by atoms with van der Waals surface area (Å²) in [6.45, 7) is 1.45. The molecule has 2 aromatic rings. The topological polar surface area (TPSA) is 58.6 Å². The van der Waals surface area contributed by atoms with Gasteiger partial charge in [-0.2, -0.15) is 0 Å². The predicted molar refractivity (Wildman–Crippen MR) is 109 cm³/mol. The summed E-state index contributed by atoms with van der Waals surface area (Å²) in [7, 11) is 0. The summed E-state index contributed by atoms with van der Waals surface area (Å²) in [6.07, 6.45) is 4.11. The lowest BCUT2D eigenvalue weighted by atomic mass is 10.1. The maximum absolute atomic E-state index is 14.2. The van der Waals surface area contributed by atoms with Gasteiger partial charge in [-0.15, -0.1) is 0 Å². The van der Waals surface area contributed by atoms with Gasteiger partial charge in [0.15, 0.2) is 6.61 Å². The average molecular weight is 398 g/mol. The maximum Gasteiger partial charge on any atom is 0.261 e. The zero-order chi connectivity index (χ0) is 20.6. The van der Waals surface area contributed by atoms with Crippen LogP contribution in [-0.4, -0.2) is 35.4 Å². The second-order valence-electron chi connectivity index (χ2n) is 7.38. The lowest BCUT2D eigenvalue weighted by molar-refractivity contribution is -0.142. The van der Waals surface area contributed by atoms with Crippen LogP contribution in [0.3, 0.4) is 0 Å². The summed E-state index contributed by atoms with van der Waals surface area (Å²) in [5.74, 6) is -0.431. The molecule has 0 saturated heterocycles. The molecule has 1 saturated carbocycles. The molecule has 0 radical (unpaired) electrons. The van der Waals surface area contributed by atoms with Crippen LogP contribution in [0.4, 0.5) is 4.39 Å². The number of rotatable bonds is 8. The van der Waals surface area contributed by atoms with E-state index in [1.54, 1.807) is 37.3 Å². The van der Waals surface area contributed by atoms with Crippen LogP contribution in [0.1, 0.15) is 38.2 Å². The van der Waals surface area contributed by atoms with E-state index in [0.717, 1.165) is 25.7 Å². The number of amides is 2. The Kier molecular flexibility index (Phi) is 7.22. The molecule has 0 aromatic heterocycles. The summed E-state index contributed by atoms with van der Waals surface area (Å²) >= 11 is 0. The second-order valence-corrected chi connectivity index (χ2v) is 7.38. The smallest absolute Gasteiger partial charge is 0.261 e. The Bertz CT molecular complexity index is 822. The highest BCUT2D eigenvalue weighted by Crippen LogP contribution is 2.19. The summed E-state index contributed by atoms with van der Waals surface area (Å²) in [5.41, 5.74) is 0.362. The molecular formula is C23H27FN2O3. The number of carbonyl (C=O) groups excluding carboxylic acids is 2. The van der Waals surface area contributed by atoms with E-state index in [1.165, 1.54) is 11.0 Å². The normalized spacial score (nSPS) is 15.0. The van der Waals surface area contributed by atoms with E-state index in [1.807, 2.05) is 18.2 Å². The lowest BCUT2D eigenvalue weighted by Crippen LogP contribution is -2.50. The molecule has 5 nitrogen and oxygen atoms in total. The maximum atomic E-state index is 14.2. The van der Waals surface area contributed by atoms with Gasteiger partial charge in [-0.25, -0.2) is 4.39 Å². The van der Waals surface area contributed by atoms with Gasteiger partial charge in [-0.1, -0.05) is 49.2 Å². The van der Waals surface area contributed by atoms with Crippen molar-refractivity contribution in [1.82, 2.24) is 10.2 Å². The molecule has 0 unspecified atom stereocenters. The summed E-state index contributed by atoms with van der Waals surface area (Å²) in [5, 5.41) is 3.02. The third kappa shape index (κ3) is 5.79. The van der Waals surface area contributed by atoms with Gasteiger partial charge in [0.1, 0.15) is 17.6 Å². The largest absolute Gasteiger partial charge is 0.484 e. The summed E-state index contributed by atoms with van der Waals surface area (Å²) in [6, 6.07) is 14.7. The third-order valence-corrected chi connectivity index (χ3v) is 5.27. The molecule has 6 heteroatoms. The molecular weight excluding hydrogens is 371 g/mol. The first-order valence-corrected chi connectivity index (χ1v) is 10.1. The van der Waals surface area contributed by atoms with Gasteiger partial charge in [0.2, 0.25) is 5.91 Å². The number of para-hydroxylation sites is 1. The minimum atomic E-state index is -0.734. The van der Waals surface area contributed by atoms with E-state index in [-0.39, 0.29) is 31.0 Å². The highest BCUT2D eigenvalue weighted by molar-refractivity contribution is 5.88. The van der Waals surface area contributed by atoms with Crippen LogP contribution in [0, 0.1) is 5.82 Å². The van der Waals surface area contributed by atoms with Crippen LogP contribution >= 0.6 is 0 Å². The minimum Gasteiger partial charge on any atom is -0.484 e. The number of nitrogens with zero attached hydrogens (tertiary/aromatic N) is 1. The van der Waals surface area contributed by atoms with Crippen LogP contribution in [0.5, 0.6) is 5.75 Å². The van der Waals surface area contributed by atoms with Crippen LogP contribution in [0.2, 0.25) is 0 Å². The Labute approximate surface area is 170 Å². The molecule has 1 aliphatic rings. The van der Waals surface area contributed by atoms with Crippen molar-refractivity contribution in [2.24, 2.45) is 0 Å². The van der Waals surface area contributed by atoms with Gasteiger partial charge in [0, 0.05) is 18.2 Å². The van der Waals surface area contributed by atoms with E-state index in [2.05, 4.69) is 5.32 Å². The van der Waals surface area contributed by atoms with Crippen molar-refractivity contribution >= 4 is 11.8 Å². The number of halogens is 1. The molecule has 0 bridgehead atoms. The molecule has 2 aromatic carbocycles. The molecule has 3 rings (SSSR count). The lowest BCUT2D eigenvalue weighted by Gasteiger charge is -2.29. The van der Waals surface area contributed by atoms with Crippen molar-refractivity contribution in [3.05, 3.63) is 66.0 Å². The van der Waals surface area contributed by atoms with Crippen molar-refractivity contribution in [2.75, 3.05) is 6.61 Å². The monoisotopic (exact) mass is 398 g/mol. The van der Waals surface area contributed by atoms with Gasteiger partial charge in [-0.3, -0.25) is 9.59 Å². The number of nitrogens with one attached hydrogen (secondary N) is 1. The molecule has 0 spiro atoms. The molecule has 1 N–H and O–H groups in total. The van der Waals surface area contributed by atoms with Gasteiger partial charge in [-0.05, 0) is 38.0 Å². The molecule has 1 fully saturated rings. The molecule has 1 aliphatic carbocycles. The first-order valence-electron chi connectivity index (χ1n) is 10.1. The highest BCUT2D eigenvalue weighted by atomic mass is 19.1. The van der Waals surface area contributed by atoms with Gasteiger partial charge >= 0.3 is 0 Å². The molecule has 0 heterocycles. The van der Waals surface area contributed by atoms with Crippen molar-refractivity contribution in [2.45, 2.75) is 51.2 Å². The van der Waals surface area contributed by atoms with Crippen LogP contribution in [0.15, 0.2) is 54.6 Å². The average Bonchev–Trinajstić information content (AvgIpc) is 3.24. The molecule has 2 amide bonds. The molecule has 1 atom stereocenters. The standard InChI is InChI=1S/C23H27FN2O3/c1-17(23(28)25-19-10-6-7-11-19)26(15-18-9-5-8-14-21(18)24)22(27)16-29-20-12-3-2-4-13-20/h2-5,8-9,12-14,17,19H,6-7,10-11,15-16H2,1H3,(H,25,28)/t17-/m0/s1. The zero-order valence-electron chi connectivity index (χ0n) is 16.6. The Balaban J connectivity index is 1.71. The first kappa shape index (κ1) is 20.8. The van der Waals surface area contributed by atoms with E-state index < -0.39 is 11.9 Å². The van der Waals surface area contributed by atoms with E-state index >= 15 is 0 Å². The summed E-state index contributed by atoms with van der Waals surface area (Å²) in [4.78, 5) is 27.0. The number of carbonyl (C=O) groups is 2. The third-order valence-electron chi connectivity index (χ3n) is 5.27. The van der Waals surface area contributed by atoms with Crippen molar-refractivity contribution in [3.63, 3.8) is 0 Å². The SMILES string of the molecule is C[C@@H](C(=O)NC1CCCC1)N(Cc1ccccc1F)C(=O)COc1ccccc1. The van der Waals surface area contributed by atoms with E-state index in [9.17, 15) is 14.0 Å². The van der Waals surface area contributed by atoms with E-state index in [0.29, 0.717) is 11.3 Å². The van der Waals surface area contributed by atoms with Crippen LogP contribution in [-0.2, 0) is 16.1 Å². The fraction of sp³-hybridized carbons (Fsp3) is 0.391. The minimum absolute atomic E-state index is 0.00289. The van der Waals surface area contributed by atoms with Gasteiger partial charge in [0.25, 0.3) is 5.91 Å². The van der Waals surface area contributed by atoms with E-state index in [4.69, 9.17) is 4.74 Å². The highest BCUT2D eigenvalue weighted by Gasteiger charge is 2.29. The quantitative estimate of drug-likeness (QED) is 0.738. The molecule has 0 aliphatic heterocycles. The van der Waals surface area contributed by atoms with Crippen LogP contribution < -0.4 is 10.1 Å². The molecule has 29 heavy (non-hydrogen) atoms. The van der Waals surface area contributed by atoms with Crippen molar-refractivity contribution in [1.29, 1.82) is 0 Å². The Morgan fingerprint density at radius 1 is 1.10 bits per heavy atom. The van der Waals surface area contributed by atoms with Crippen molar-refractivity contribution < 1.29 is 18.7 Å². The second kappa shape index (κ2) is 10.0. The molecule has 154 valence electrons. The fourth-order valence-electron chi connectivity index (χ4n) is 3.53. The summed E-state index contributed by atoms with van der Waals surface area (Å²) < 4.78 is 19.7. The Hall–Kier alpha value is -2.89. The number of hydrogen-bond acceptors (Lipinski definition) is 3. The van der Waals surface area contributed by atoms with Gasteiger partial charge < -0.3 is 15.0 Å². The number of hydrogen-bond donors (Lipinski definition) is 1. The van der Waals surface area contributed by atoms with Crippen molar-refractivity contribution in [3.8, 4) is 5.75 Å². The first-order chi connectivity index (χ1) is 14.0. The van der Waals surface area contributed by atoms with Crippen LogP contribution in [0.25, 0.3) is 0 Å².